The van der Waals surface area contributed by atoms with Crippen molar-refractivity contribution in [1.82, 2.24) is 10.2 Å². The van der Waals surface area contributed by atoms with E-state index in [-0.39, 0.29) is 29.4 Å². The first-order valence-electron chi connectivity index (χ1n) is 11.8. The summed E-state index contributed by atoms with van der Waals surface area (Å²) in [7, 11) is 1.72. The van der Waals surface area contributed by atoms with Crippen molar-refractivity contribution in [2.24, 2.45) is 4.99 Å². The molecule has 2 heterocycles. The van der Waals surface area contributed by atoms with Gasteiger partial charge in [0.05, 0.1) is 13.7 Å². The molecular formula is C26H37IN4O2. The van der Waals surface area contributed by atoms with Crippen LogP contribution in [0.4, 0.5) is 5.69 Å². The summed E-state index contributed by atoms with van der Waals surface area (Å²) in [5.74, 6) is 1.93. The van der Waals surface area contributed by atoms with E-state index in [0.29, 0.717) is 0 Å². The van der Waals surface area contributed by atoms with Gasteiger partial charge in [-0.3, -0.25) is 4.99 Å². The molecule has 0 atom stereocenters. The highest BCUT2D eigenvalue weighted by molar-refractivity contribution is 14.0. The van der Waals surface area contributed by atoms with E-state index in [1.165, 1.54) is 11.3 Å². The zero-order chi connectivity index (χ0) is 22.2. The second kappa shape index (κ2) is 12.5. The van der Waals surface area contributed by atoms with Crippen LogP contribution in [0.2, 0.25) is 0 Å². The number of aliphatic imine (C=N–C) groups is 1. The van der Waals surface area contributed by atoms with Gasteiger partial charge in [-0.25, -0.2) is 0 Å². The zero-order valence-electron chi connectivity index (χ0n) is 19.8. The van der Waals surface area contributed by atoms with Crippen LogP contribution >= 0.6 is 24.0 Å². The maximum Gasteiger partial charge on any atom is 0.194 e. The molecule has 2 aliphatic rings. The van der Waals surface area contributed by atoms with E-state index in [0.717, 1.165) is 77.0 Å². The summed E-state index contributed by atoms with van der Waals surface area (Å²) in [5.41, 5.74) is 2.66. The van der Waals surface area contributed by atoms with E-state index in [9.17, 15) is 0 Å². The van der Waals surface area contributed by atoms with Crippen molar-refractivity contribution < 1.29 is 9.47 Å². The highest BCUT2D eigenvalue weighted by Crippen LogP contribution is 2.35. The molecule has 0 aliphatic carbocycles. The van der Waals surface area contributed by atoms with Gasteiger partial charge < -0.3 is 24.6 Å². The van der Waals surface area contributed by atoms with Crippen LogP contribution in [0.15, 0.2) is 59.6 Å². The first-order chi connectivity index (χ1) is 15.7. The van der Waals surface area contributed by atoms with Crippen molar-refractivity contribution in [2.45, 2.75) is 25.2 Å². The highest BCUT2D eigenvalue weighted by atomic mass is 127. The normalized spacial score (nSPS) is 18.4. The fraction of sp³-hybridized carbons (Fsp3) is 0.500. The summed E-state index contributed by atoms with van der Waals surface area (Å²) in [5, 5.41) is 3.54. The van der Waals surface area contributed by atoms with E-state index in [1.54, 1.807) is 7.11 Å². The van der Waals surface area contributed by atoms with Crippen LogP contribution in [0.1, 0.15) is 25.3 Å². The molecule has 6 nitrogen and oxygen atoms in total. The van der Waals surface area contributed by atoms with E-state index in [2.05, 4.69) is 70.6 Å². The second-order valence-corrected chi connectivity index (χ2v) is 8.60. The predicted octanol–water partition coefficient (Wildman–Crippen LogP) is 4.15. The largest absolute Gasteiger partial charge is 0.497 e. The second-order valence-electron chi connectivity index (χ2n) is 8.60. The average Bonchev–Trinajstić information content (AvgIpc) is 2.88. The minimum Gasteiger partial charge on any atom is -0.497 e. The Bertz CT molecular complexity index is 879. The Kier molecular flexibility index (Phi) is 9.67. The first kappa shape index (κ1) is 25.6. The summed E-state index contributed by atoms with van der Waals surface area (Å²) in [6.07, 6.45) is 2.03. The van der Waals surface area contributed by atoms with Crippen molar-refractivity contribution >= 4 is 35.6 Å². The Balaban J connectivity index is 0.00000306. The van der Waals surface area contributed by atoms with Crippen LogP contribution < -0.4 is 15.0 Å². The number of ether oxygens (including phenoxy) is 2. The Morgan fingerprint density at radius 1 is 1.03 bits per heavy atom. The smallest absolute Gasteiger partial charge is 0.194 e. The highest BCUT2D eigenvalue weighted by Gasteiger charge is 2.34. The monoisotopic (exact) mass is 564 g/mol. The lowest BCUT2D eigenvalue weighted by Gasteiger charge is -2.39. The fourth-order valence-electron chi connectivity index (χ4n) is 4.73. The minimum atomic E-state index is 0. The quantitative estimate of drug-likeness (QED) is 0.325. The summed E-state index contributed by atoms with van der Waals surface area (Å²) in [6.45, 7) is 9.25. The Morgan fingerprint density at radius 2 is 1.76 bits per heavy atom. The molecule has 7 heteroatoms. The summed E-state index contributed by atoms with van der Waals surface area (Å²) in [6, 6.07) is 19.2. The molecule has 1 N–H and O–H groups in total. The lowest BCUT2D eigenvalue weighted by Crippen LogP contribution is -2.53. The number of hydrogen-bond acceptors (Lipinski definition) is 4. The number of hydrogen-bond donors (Lipinski definition) is 1. The summed E-state index contributed by atoms with van der Waals surface area (Å²) < 4.78 is 11.1. The molecule has 0 aromatic heterocycles. The fourth-order valence-corrected chi connectivity index (χ4v) is 4.73. The Labute approximate surface area is 215 Å². The zero-order valence-corrected chi connectivity index (χ0v) is 22.2. The number of guanidine groups is 1. The maximum absolute atomic E-state index is 5.70. The van der Waals surface area contributed by atoms with Crippen molar-refractivity contribution in [3.63, 3.8) is 0 Å². The number of methoxy groups -OCH3 is 1. The number of nitrogens with one attached hydrogen (secondary N) is 1. The van der Waals surface area contributed by atoms with Gasteiger partial charge in [-0.05, 0) is 37.5 Å². The number of piperazine rings is 1. The van der Waals surface area contributed by atoms with Crippen LogP contribution in [-0.4, -0.2) is 70.5 Å². The van der Waals surface area contributed by atoms with Gasteiger partial charge in [0, 0.05) is 63.1 Å². The molecule has 2 saturated heterocycles. The molecule has 180 valence electrons. The van der Waals surface area contributed by atoms with Crippen LogP contribution in [-0.2, 0) is 10.2 Å². The molecule has 4 rings (SSSR count). The van der Waals surface area contributed by atoms with Crippen LogP contribution in [0.25, 0.3) is 0 Å². The van der Waals surface area contributed by atoms with E-state index in [1.807, 2.05) is 6.07 Å². The molecule has 0 bridgehead atoms. The minimum absolute atomic E-state index is 0. The average molecular weight is 565 g/mol. The SMILES string of the molecule is CCNC(=NCC1(c2ccccc2)CCOCC1)N1CCN(c2cccc(OC)c2)CC1.I. The molecule has 0 unspecified atom stereocenters. The van der Waals surface area contributed by atoms with Crippen molar-refractivity contribution in [3.05, 3.63) is 60.2 Å². The number of anilines is 1. The number of benzene rings is 2. The lowest BCUT2D eigenvalue weighted by atomic mass is 9.74. The van der Waals surface area contributed by atoms with Crippen molar-refractivity contribution in [2.75, 3.05) is 64.5 Å². The van der Waals surface area contributed by atoms with Gasteiger partial charge in [-0.1, -0.05) is 36.4 Å². The summed E-state index contributed by atoms with van der Waals surface area (Å²) in [4.78, 5) is 10.00. The first-order valence-corrected chi connectivity index (χ1v) is 11.8. The third-order valence-electron chi connectivity index (χ3n) is 6.70. The van der Waals surface area contributed by atoms with Crippen LogP contribution in [0, 0.1) is 0 Å². The van der Waals surface area contributed by atoms with Crippen molar-refractivity contribution in [1.29, 1.82) is 0 Å². The topological polar surface area (TPSA) is 49.3 Å². The molecule has 33 heavy (non-hydrogen) atoms. The van der Waals surface area contributed by atoms with E-state index < -0.39 is 0 Å². The molecule has 0 radical (unpaired) electrons. The predicted molar refractivity (Wildman–Crippen MR) is 146 cm³/mol. The molecule has 0 saturated carbocycles. The Morgan fingerprint density at radius 3 is 2.42 bits per heavy atom. The van der Waals surface area contributed by atoms with Gasteiger partial charge in [0.15, 0.2) is 5.96 Å². The van der Waals surface area contributed by atoms with Gasteiger partial charge in [-0.2, -0.15) is 0 Å². The molecule has 0 spiro atoms. The molecule has 2 aromatic rings. The third kappa shape index (κ3) is 6.32. The van der Waals surface area contributed by atoms with Gasteiger partial charge in [0.25, 0.3) is 0 Å². The number of rotatable bonds is 6. The molecular weight excluding hydrogens is 527 g/mol. The van der Waals surface area contributed by atoms with Crippen molar-refractivity contribution in [3.8, 4) is 5.75 Å². The van der Waals surface area contributed by atoms with Gasteiger partial charge >= 0.3 is 0 Å². The third-order valence-corrected chi connectivity index (χ3v) is 6.70. The van der Waals surface area contributed by atoms with Gasteiger partial charge in [0.1, 0.15) is 5.75 Å². The molecule has 2 fully saturated rings. The molecule has 0 amide bonds. The van der Waals surface area contributed by atoms with E-state index >= 15 is 0 Å². The van der Waals surface area contributed by atoms with E-state index in [4.69, 9.17) is 14.5 Å². The molecule has 2 aliphatic heterocycles. The Hall–Kier alpha value is -2.00. The standard InChI is InChI=1S/C26H36N4O2.HI/c1-3-27-25(28-21-26(12-18-32-19-13-26)22-8-5-4-6-9-22)30-16-14-29(15-17-30)23-10-7-11-24(20-23)31-2;/h4-11,20H,3,12-19,21H2,1-2H3,(H,27,28);1H. The van der Waals surface area contributed by atoms with Crippen LogP contribution in [0.5, 0.6) is 5.75 Å². The molecule has 2 aromatic carbocycles. The lowest BCUT2D eigenvalue weighted by molar-refractivity contribution is 0.0530. The number of halogens is 1. The number of nitrogens with zero attached hydrogens (tertiary/aromatic N) is 3. The van der Waals surface area contributed by atoms with Gasteiger partial charge in [0.2, 0.25) is 0 Å². The maximum atomic E-state index is 5.70. The summed E-state index contributed by atoms with van der Waals surface area (Å²) >= 11 is 0. The van der Waals surface area contributed by atoms with Crippen LogP contribution in [0.3, 0.4) is 0 Å². The van der Waals surface area contributed by atoms with Gasteiger partial charge in [-0.15, -0.1) is 24.0 Å².